The Morgan fingerprint density at radius 1 is 1.35 bits per heavy atom. The highest BCUT2D eigenvalue weighted by molar-refractivity contribution is 5.64. The Morgan fingerprint density at radius 3 is 3.06 bits per heavy atom. The van der Waals surface area contributed by atoms with Crippen molar-refractivity contribution in [3.63, 3.8) is 0 Å². The Bertz CT molecular complexity index is 427. The van der Waals surface area contributed by atoms with Crippen molar-refractivity contribution in [3.05, 3.63) is 29.3 Å². The monoisotopic (exact) mass is 230 g/mol. The molecule has 1 unspecified atom stereocenters. The summed E-state index contributed by atoms with van der Waals surface area (Å²) in [7, 11) is 0. The van der Waals surface area contributed by atoms with Gasteiger partial charge in [-0.2, -0.15) is 0 Å². The molecule has 1 aromatic carbocycles. The van der Waals surface area contributed by atoms with Gasteiger partial charge in [-0.1, -0.05) is 32.0 Å². The molecular weight excluding hydrogens is 208 g/mol. The molecule has 0 saturated carbocycles. The van der Waals surface area contributed by atoms with E-state index in [0.29, 0.717) is 5.41 Å². The fourth-order valence-electron chi connectivity index (χ4n) is 3.25. The molecule has 0 fully saturated rings. The maximum Gasteiger partial charge on any atom is 0.0450 e. The van der Waals surface area contributed by atoms with Gasteiger partial charge in [0.1, 0.15) is 0 Å². The molecule has 1 atom stereocenters. The second-order valence-electron chi connectivity index (χ2n) is 5.64. The van der Waals surface area contributed by atoms with Gasteiger partial charge in [0.15, 0.2) is 0 Å². The second-order valence-corrected chi connectivity index (χ2v) is 5.64. The third-order valence-electron chi connectivity index (χ3n) is 4.67. The van der Waals surface area contributed by atoms with Crippen molar-refractivity contribution >= 4 is 5.69 Å². The molecule has 0 saturated heterocycles. The van der Waals surface area contributed by atoms with Crippen LogP contribution in [0.4, 0.5) is 5.69 Å². The van der Waals surface area contributed by atoms with E-state index in [1.165, 1.54) is 30.6 Å². The zero-order valence-corrected chi connectivity index (χ0v) is 10.9. The molecule has 0 spiro atoms. The van der Waals surface area contributed by atoms with Gasteiger partial charge in [0.2, 0.25) is 0 Å². The van der Waals surface area contributed by atoms with Crippen molar-refractivity contribution in [1.82, 2.24) is 5.32 Å². The standard InChI is InChI=1S/C15H22N2/c1-3-15(2)7-9-17-10-8-16-11-12-5-4-6-13(15)14(12)17/h4-6,16H,3,7-11H2,1-2H3. The van der Waals surface area contributed by atoms with Crippen LogP contribution in [0, 0.1) is 0 Å². The summed E-state index contributed by atoms with van der Waals surface area (Å²) in [5.74, 6) is 0. The number of hydrogen-bond acceptors (Lipinski definition) is 2. The summed E-state index contributed by atoms with van der Waals surface area (Å²) in [5, 5.41) is 3.53. The minimum Gasteiger partial charge on any atom is -0.370 e. The van der Waals surface area contributed by atoms with Gasteiger partial charge in [-0.25, -0.2) is 0 Å². The first kappa shape index (κ1) is 11.1. The third-order valence-corrected chi connectivity index (χ3v) is 4.67. The van der Waals surface area contributed by atoms with E-state index in [9.17, 15) is 0 Å². The summed E-state index contributed by atoms with van der Waals surface area (Å²) in [6.07, 6.45) is 2.53. The summed E-state index contributed by atoms with van der Waals surface area (Å²) < 4.78 is 0. The molecule has 0 radical (unpaired) electrons. The van der Waals surface area contributed by atoms with Crippen LogP contribution in [0.3, 0.4) is 0 Å². The van der Waals surface area contributed by atoms with Crippen molar-refractivity contribution in [2.45, 2.75) is 38.6 Å². The fourth-order valence-corrected chi connectivity index (χ4v) is 3.25. The molecular formula is C15H22N2. The summed E-state index contributed by atoms with van der Waals surface area (Å²) in [6.45, 7) is 9.26. The average molecular weight is 230 g/mol. The van der Waals surface area contributed by atoms with E-state index in [-0.39, 0.29) is 0 Å². The van der Waals surface area contributed by atoms with E-state index in [1.807, 2.05) is 0 Å². The lowest BCUT2D eigenvalue weighted by Crippen LogP contribution is -2.40. The van der Waals surface area contributed by atoms with Crippen LogP contribution in [0.15, 0.2) is 18.2 Å². The molecule has 2 heteroatoms. The quantitative estimate of drug-likeness (QED) is 0.798. The summed E-state index contributed by atoms with van der Waals surface area (Å²) in [6, 6.07) is 6.87. The first-order chi connectivity index (χ1) is 8.24. The van der Waals surface area contributed by atoms with E-state index < -0.39 is 0 Å². The van der Waals surface area contributed by atoms with Gasteiger partial charge in [0, 0.05) is 31.9 Å². The number of nitrogens with zero attached hydrogens (tertiary/aromatic N) is 1. The van der Waals surface area contributed by atoms with Crippen LogP contribution in [0.2, 0.25) is 0 Å². The number of rotatable bonds is 1. The third kappa shape index (κ3) is 1.66. The van der Waals surface area contributed by atoms with Crippen LogP contribution >= 0.6 is 0 Å². The van der Waals surface area contributed by atoms with Gasteiger partial charge >= 0.3 is 0 Å². The van der Waals surface area contributed by atoms with Crippen LogP contribution in [-0.2, 0) is 12.0 Å². The normalized spacial score (nSPS) is 27.5. The average Bonchev–Trinajstić information content (AvgIpc) is 2.57. The second kappa shape index (κ2) is 4.02. The van der Waals surface area contributed by atoms with Gasteiger partial charge in [-0.15, -0.1) is 0 Å². The molecule has 0 amide bonds. The highest BCUT2D eigenvalue weighted by atomic mass is 15.2. The van der Waals surface area contributed by atoms with Crippen LogP contribution < -0.4 is 10.2 Å². The zero-order chi connectivity index (χ0) is 11.9. The topological polar surface area (TPSA) is 15.3 Å². The molecule has 2 aliphatic rings. The molecule has 0 aliphatic carbocycles. The highest BCUT2D eigenvalue weighted by Crippen LogP contribution is 2.43. The fraction of sp³-hybridized carbons (Fsp3) is 0.600. The summed E-state index contributed by atoms with van der Waals surface area (Å²) in [4.78, 5) is 2.59. The van der Waals surface area contributed by atoms with Crippen molar-refractivity contribution < 1.29 is 0 Å². The largest absolute Gasteiger partial charge is 0.370 e. The maximum absolute atomic E-state index is 3.53. The molecule has 2 heterocycles. The Kier molecular flexibility index (Phi) is 2.62. The van der Waals surface area contributed by atoms with Crippen molar-refractivity contribution in [2.75, 3.05) is 24.5 Å². The summed E-state index contributed by atoms with van der Waals surface area (Å²) >= 11 is 0. The Balaban J connectivity index is 2.17. The molecule has 3 rings (SSSR count). The predicted molar refractivity (Wildman–Crippen MR) is 72.6 cm³/mol. The molecule has 0 aromatic heterocycles. The highest BCUT2D eigenvalue weighted by Gasteiger charge is 2.35. The first-order valence-corrected chi connectivity index (χ1v) is 6.82. The molecule has 2 nitrogen and oxygen atoms in total. The van der Waals surface area contributed by atoms with Crippen molar-refractivity contribution in [2.24, 2.45) is 0 Å². The van der Waals surface area contributed by atoms with Gasteiger partial charge in [0.25, 0.3) is 0 Å². The van der Waals surface area contributed by atoms with Gasteiger partial charge < -0.3 is 10.2 Å². The lowest BCUT2D eigenvalue weighted by molar-refractivity contribution is 0.401. The number of para-hydroxylation sites is 1. The molecule has 1 N–H and O–H groups in total. The molecule has 92 valence electrons. The van der Waals surface area contributed by atoms with E-state index in [1.54, 1.807) is 5.56 Å². The van der Waals surface area contributed by atoms with Gasteiger partial charge in [-0.3, -0.25) is 0 Å². The Hall–Kier alpha value is -1.02. The Labute approximate surface area is 104 Å². The minimum atomic E-state index is 0.381. The van der Waals surface area contributed by atoms with Crippen molar-refractivity contribution in [1.29, 1.82) is 0 Å². The van der Waals surface area contributed by atoms with Crippen LogP contribution in [0.5, 0.6) is 0 Å². The lowest BCUT2D eigenvalue weighted by Gasteiger charge is -2.42. The van der Waals surface area contributed by atoms with Gasteiger partial charge in [-0.05, 0) is 29.4 Å². The Morgan fingerprint density at radius 2 is 2.24 bits per heavy atom. The summed E-state index contributed by atoms with van der Waals surface area (Å²) in [5.41, 5.74) is 4.98. The van der Waals surface area contributed by atoms with E-state index in [0.717, 1.165) is 19.6 Å². The van der Waals surface area contributed by atoms with E-state index in [2.05, 4.69) is 42.3 Å². The van der Waals surface area contributed by atoms with Crippen LogP contribution in [0.25, 0.3) is 0 Å². The lowest BCUT2D eigenvalue weighted by atomic mass is 9.73. The number of anilines is 1. The number of hydrogen-bond donors (Lipinski definition) is 1. The number of benzene rings is 1. The molecule has 17 heavy (non-hydrogen) atoms. The van der Waals surface area contributed by atoms with E-state index in [4.69, 9.17) is 0 Å². The molecule has 2 aliphatic heterocycles. The smallest absolute Gasteiger partial charge is 0.0450 e. The first-order valence-electron chi connectivity index (χ1n) is 6.82. The van der Waals surface area contributed by atoms with E-state index >= 15 is 0 Å². The predicted octanol–water partition coefficient (Wildman–Crippen LogP) is 2.67. The molecule has 0 bridgehead atoms. The SMILES string of the molecule is CCC1(C)CCN2CCNCc3cccc1c32. The maximum atomic E-state index is 3.53. The molecule has 1 aromatic rings. The van der Waals surface area contributed by atoms with Crippen LogP contribution in [-0.4, -0.2) is 19.6 Å². The number of nitrogens with one attached hydrogen (secondary N) is 1. The van der Waals surface area contributed by atoms with Crippen LogP contribution in [0.1, 0.15) is 37.8 Å². The van der Waals surface area contributed by atoms with Crippen molar-refractivity contribution in [3.8, 4) is 0 Å². The minimum absolute atomic E-state index is 0.381. The zero-order valence-electron chi connectivity index (χ0n) is 10.9. The van der Waals surface area contributed by atoms with Gasteiger partial charge in [0.05, 0.1) is 0 Å².